The molecule has 1 saturated heterocycles. The molecule has 98 valence electrons. The smallest absolute Gasteiger partial charge is 0.128 e. The van der Waals surface area contributed by atoms with E-state index < -0.39 is 0 Å². The van der Waals surface area contributed by atoms with Gasteiger partial charge >= 0.3 is 0 Å². The van der Waals surface area contributed by atoms with Gasteiger partial charge in [0.2, 0.25) is 0 Å². The topological polar surface area (TPSA) is 37.4 Å². The summed E-state index contributed by atoms with van der Waals surface area (Å²) in [5.41, 5.74) is 1.27. The molecule has 1 aromatic heterocycles. The summed E-state index contributed by atoms with van der Waals surface area (Å²) in [5.74, 6) is 1.04. The lowest BCUT2D eigenvalue weighted by Crippen LogP contribution is -2.32. The molecule has 1 aromatic rings. The summed E-state index contributed by atoms with van der Waals surface area (Å²) in [4.78, 5) is 6.78. The van der Waals surface area contributed by atoms with Gasteiger partial charge in [-0.2, -0.15) is 0 Å². The van der Waals surface area contributed by atoms with Crippen LogP contribution in [0.5, 0.6) is 0 Å². The van der Waals surface area contributed by atoms with Gasteiger partial charge in [0, 0.05) is 32.4 Å². The van der Waals surface area contributed by atoms with E-state index in [1.54, 1.807) is 0 Å². The highest BCUT2D eigenvalue weighted by Gasteiger charge is 2.22. The lowest BCUT2D eigenvalue weighted by molar-refractivity contribution is 0.193. The second kappa shape index (κ2) is 5.24. The minimum atomic E-state index is 0.480. The van der Waals surface area contributed by atoms with Crippen molar-refractivity contribution in [1.82, 2.24) is 10.3 Å². The van der Waals surface area contributed by atoms with Crippen LogP contribution in [0.3, 0.4) is 0 Å². The zero-order valence-electron chi connectivity index (χ0n) is 10.9. The first-order valence-corrected chi connectivity index (χ1v) is 6.82. The van der Waals surface area contributed by atoms with Crippen molar-refractivity contribution >= 4 is 5.82 Å². The van der Waals surface area contributed by atoms with Gasteiger partial charge in [-0.05, 0) is 30.9 Å². The summed E-state index contributed by atoms with van der Waals surface area (Å²) in [5, 5.41) is 3.50. The Hall–Kier alpha value is -1.13. The van der Waals surface area contributed by atoms with Gasteiger partial charge in [-0.3, -0.25) is 0 Å². The van der Waals surface area contributed by atoms with Crippen LogP contribution in [0.1, 0.15) is 24.8 Å². The zero-order chi connectivity index (χ0) is 12.4. The third-order valence-electron chi connectivity index (χ3n) is 3.80. The molecule has 1 saturated carbocycles. The van der Waals surface area contributed by atoms with Crippen LogP contribution in [0, 0.1) is 0 Å². The first kappa shape index (κ1) is 11.9. The van der Waals surface area contributed by atoms with Crippen molar-refractivity contribution in [3.05, 3.63) is 23.9 Å². The van der Waals surface area contributed by atoms with Gasteiger partial charge < -0.3 is 15.0 Å². The van der Waals surface area contributed by atoms with Crippen molar-refractivity contribution in [2.75, 3.05) is 25.2 Å². The zero-order valence-corrected chi connectivity index (χ0v) is 10.9. The second-order valence-corrected chi connectivity index (χ2v) is 5.31. The molecular weight excluding hydrogens is 226 g/mol. The van der Waals surface area contributed by atoms with Gasteiger partial charge in [0.05, 0.1) is 12.6 Å². The van der Waals surface area contributed by atoms with E-state index in [0.29, 0.717) is 6.04 Å². The third-order valence-corrected chi connectivity index (χ3v) is 3.80. The minimum Gasteiger partial charge on any atom is -0.379 e. The molecule has 4 heteroatoms. The molecule has 1 unspecified atom stereocenters. The normalized spacial score (nSPS) is 23.3. The van der Waals surface area contributed by atoms with Crippen LogP contribution < -0.4 is 10.2 Å². The third kappa shape index (κ3) is 2.82. The van der Waals surface area contributed by atoms with E-state index in [4.69, 9.17) is 4.74 Å². The van der Waals surface area contributed by atoms with Crippen LogP contribution in [0.25, 0.3) is 0 Å². The Morgan fingerprint density at radius 1 is 1.39 bits per heavy atom. The average Bonchev–Trinajstić information content (AvgIpc) is 3.08. The average molecular weight is 247 g/mol. The lowest BCUT2D eigenvalue weighted by Gasteiger charge is -2.24. The fourth-order valence-electron chi connectivity index (χ4n) is 2.29. The number of aromatic nitrogens is 1. The van der Waals surface area contributed by atoms with Crippen molar-refractivity contribution in [1.29, 1.82) is 0 Å². The molecule has 2 heterocycles. The highest BCUT2D eigenvalue weighted by molar-refractivity contribution is 5.39. The quantitative estimate of drug-likeness (QED) is 0.857. The van der Waals surface area contributed by atoms with Crippen LogP contribution in [0.15, 0.2) is 18.3 Å². The van der Waals surface area contributed by atoms with Gasteiger partial charge in [0.25, 0.3) is 0 Å². The Bertz CT molecular complexity index is 383. The number of nitrogens with one attached hydrogen (secondary N) is 1. The predicted octanol–water partition coefficient (Wildman–Crippen LogP) is 1.56. The molecule has 18 heavy (non-hydrogen) atoms. The molecule has 4 nitrogen and oxygen atoms in total. The molecule has 1 aliphatic heterocycles. The van der Waals surface area contributed by atoms with E-state index >= 15 is 0 Å². The summed E-state index contributed by atoms with van der Waals surface area (Å²) >= 11 is 0. The largest absolute Gasteiger partial charge is 0.379 e. The van der Waals surface area contributed by atoms with E-state index in [2.05, 4.69) is 34.4 Å². The maximum atomic E-state index is 5.42. The number of anilines is 1. The van der Waals surface area contributed by atoms with Crippen molar-refractivity contribution in [3.63, 3.8) is 0 Å². The summed E-state index contributed by atoms with van der Waals surface area (Å²) in [6.45, 7) is 2.63. The molecular formula is C14H21N3O. The van der Waals surface area contributed by atoms with Crippen LogP contribution in [0.4, 0.5) is 5.82 Å². The number of ether oxygens (including phenoxy) is 1. The highest BCUT2D eigenvalue weighted by atomic mass is 16.5. The molecule has 1 N–H and O–H groups in total. The van der Waals surface area contributed by atoms with Gasteiger partial charge in [-0.25, -0.2) is 4.98 Å². The molecule has 0 spiro atoms. The first-order valence-electron chi connectivity index (χ1n) is 6.82. The number of hydrogen-bond acceptors (Lipinski definition) is 4. The Labute approximate surface area is 108 Å². The highest BCUT2D eigenvalue weighted by Crippen LogP contribution is 2.20. The molecule has 1 aliphatic carbocycles. The molecule has 1 atom stereocenters. The number of likely N-dealkylation sites (N-methyl/N-ethyl adjacent to an activating group) is 1. The van der Waals surface area contributed by atoms with Gasteiger partial charge in [0.1, 0.15) is 5.82 Å². The lowest BCUT2D eigenvalue weighted by atomic mass is 10.2. The van der Waals surface area contributed by atoms with Crippen LogP contribution in [-0.2, 0) is 11.3 Å². The van der Waals surface area contributed by atoms with Crippen LogP contribution in [-0.4, -0.2) is 37.3 Å². The number of nitrogens with zero attached hydrogens (tertiary/aromatic N) is 2. The summed E-state index contributed by atoms with van der Waals surface area (Å²) < 4.78 is 5.42. The maximum absolute atomic E-state index is 5.42. The van der Waals surface area contributed by atoms with Gasteiger partial charge in [-0.1, -0.05) is 6.07 Å². The van der Waals surface area contributed by atoms with E-state index in [9.17, 15) is 0 Å². The standard InChI is InChI=1S/C14H21N3O/c1-17(13-6-7-18-10-13)14-5-2-11(9-16-14)8-15-12-3-4-12/h2,5,9,12-13,15H,3-4,6-8,10H2,1H3. The monoisotopic (exact) mass is 247 g/mol. The Kier molecular flexibility index (Phi) is 3.48. The molecule has 0 amide bonds. The van der Waals surface area contributed by atoms with E-state index in [-0.39, 0.29) is 0 Å². The van der Waals surface area contributed by atoms with Crippen molar-refractivity contribution in [3.8, 4) is 0 Å². The second-order valence-electron chi connectivity index (χ2n) is 5.31. The van der Waals surface area contributed by atoms with Crippen LogP contribution >= 0.6 is 0 Å². The molecule has 2 aliphatic rings. The van der Waals surface area contributed by atoms with Gasteiger partial charge in [0.15, 0.2) is 0 Å². The first-order chi connectivity index (χ1) is 8.83. The summed E-state index contributed by atoms with van der Waals surface area (Å²) in [6, 6.07) is 5.52. The predicted molar refractivity (Wildman–Crippen MR) is 71.7 cm³/mol. The molecule has 0 radical (unpaired) electrons. The summed E-state index contributed by atoms with van der Waals surface area (Å²) in [6.07, 6.45) is 5.74. The summed E-state index contributed by atoms with van der Waals surface area (Å²) in [7, 11) is 2.10. The number of pyridine rings is 1. The Morgan fingerprint density at radius 3 is 2.89 bits per heavy atom. The van der Waals surface area contributed by atoms with Gasteiger partial charge in [-0.15, -0.1) is 0 Å². The van der Waals surface area contributed by atoms with Crippen molar-refractivity contribution < 1.29 is 4.74 Å². The molecule has 0 bridgehead atoms. The SMILES string of the molecule is CN(c1ccc(CNC2CC2)cn1)C1CCOC1. The Morgan fingerprint density at radius 2 is 2.28 bits per heavy atom. The Balaban J connectivity index is 1.58. The minimum absolute atomic E-state index is 0.480. The van der Waals surface area contributed by atoms with Crippen LogP contribution in [0.2, 0.25) is 0 Å². The fourth-order valence-corrected chi connectivity index (χ4v) is 2.29. The molecule has 0 aromatic carbocycles. The molecule has 2 fully saturated rings. The van der Waals surface area contributed by atoms with Crippen molar-refractivity contribution in [2.24, 2.45) is 0 Å². The number of hydrogen-bond donors (Lipinski definition) is 1. The molecule has 3 rings (SSSR count). The van der Waals surface area contributed by atoms with E-state index in [1.807, 2.05) is 6.20 Å². The maximum Gasteiger partial charge on any atom is 0.128 e. The van der Waals surface area contributed by atoms with E-state index in [0.717, 1.165) is 38.0 Å². The fraction of sp³-hybridized carbons (Fsp3) is 0.643. The number of rotatable bonds is 5. The van der Waals surface area contributed by atoms with E-state index in [1.165, 1.54) is 18.4 Å². The van der Waals surface area contributed by atoms with Crippen molar-refractivity contribution in [2.45, 2.75) is 37.9 Å².